The molecule has 1 fully saturated rings. The van der Waals surface area contributed by atoms with Crippen LogP contribution in [0.2, 0.25) is 0 Å². The second-order valence-electron chi connectivity index (χ2n) is 6.53. The lowest BCUT2D eigenvalue weighted by Gasteiger charge is -2.41. The fraction of sp³-hybridized carbons (Fsp3) is 0.412. The van der Waals surface area contributed by atoms with Crippen LogP contribution in [0.15, 0.2) is 18.5 Å². The average molecular weight is 349 g/mol. The van der Waals surface area contributed by atoms with E-state index in [1.807, 2.05) is 26.0 Å². The standard InChI is InChI=1S/C17H19N9/c1-11-9-24(17-14(8-18)12(2)13(3)20-22-17)6-7-25(11)16-5-4-15-21-19-10-26(15)23-16/h4-5,10-11H,6-7,9H2,1-3H3/t11-/m1/s1. The zero-order valence-corrected chi connectivity index (χ0v) is 15.0. The number of hydrogen-bond donors (Lipinski definition) is 0. The molecule has 3 aromatic rings. The molecule has 4 heterocycles. The lowest BCUT2D eigenvalue weighted by molar-refractivity contribution is 0.537. The van der Waals surface area contributed by atoms with E-state index in [4.69, 9.17) is 0 Å². The molecule has 0 unspecified atom stereocenters. The second kappa shape index (κ2) is 6.22. The van der Waals surface area contributed by atoms with Crippen LogP contribution in [-0.4, -0.2) is 55.7 Å². The predicted molar refractivity (Wildman–Crippen MR) is 96.0 cm³/mol. The van der Waals surface area contributed by atoms with Crippen molar-refractivity contribution in [3.05, 3.63) is 35.3 Å². The third-order valence-electron chi connectivity index (χ3n) is 4.92. The van der Waals surface area contributed by atoms with Crippen molar-refractivity contribution in [1.82, 2.24) is 30.0 Å². The number of rotatable bonds is 2. The molecule has 0 amide bonds. The highest BCUT2D eigenvalue weighted by atomic mass is 15.4. The normalized spacial score (nSPS) is 17.5. The average Bonchev–Trinajstić information content (AvgIpc) is 3.11. The van der Waals surface area contributed by atoms with Gasteiger partial charge in [0.05, 0.1) is 5.69 Å². The minimum Gasteiger partial charge on any atom is -0.350 e. The van der Waals surface area contributed by atoms with Crippen LogP contribution >= 0.6 is 0 Å². The van der Waals surface area contributed by atoms with Gasteiger partial charge < -0.3 is 9.80 Å². The molecule has 0 spiro atoms. The van der Waals surface area contributed by atoms with Crippen LogP contribution in [0.3, 0.4) is 0 Å². The fourth-order valence-corrected chi connectivity index (χ4v) is 3.31. The van der Waals surface area contributed by atoms with Crippen molar-refractivity contribution >= 4 is 17.3 Å². The molecule has 9 heteroatoms. The summed E-state index contributed by atoms with van der Waals surface area (Å²) in [4.78, 5) is 4.38. The maximum atomic E-state index is 9.55. The van der Waals surface area contributed by atoms with Crippen LogP contribution in [0, 0.1) is 25.2 Å². The van der Waals surface area contributed by atoms with E-state index in [2.05, 4.69) is 48.3 Å². The minimum atomic E-state index is 0.208. The number of anilines is 2. The molecule has 1 saturated heterocycles. The highest BCUT2D eigenvalue weighted by molar-refractivity contribution is 5.59. The summed E-state index contributed by atoms with van der Waals surface area (Å²) in [5.74, 6) is 1.56. The molecule has 132 valence electrons. The fourth-order valence-electron chi connectivity index (χ4n) is 3.31. The van der Waals surface area contributed by atoms with Crippen molar-refractivity contribution in [3.8, 4) is 6.07 Å². The SMILES string of the molecule is Cc1nnc(N2CCN(c3ccc4nncn4n3)[C@H](C)C2)c(C#N)c1C. The van der Waals surface area contributed by atoms with Crippen molar-refractivity contribution < 1.29 is 0 Å². The first-order valence-corrected chi connectivity index (χ1v) is 8.51. The Labute approximate surface area is 150 Å². The molecule has 0 aliphatic carbocycles. The summed E-state index contributed by atoms with van der Waals surface area (Å²) in [6, 6.07) is 6.38. The van der Waals surface area contributed by atoms with Crippen molar-refractivity contribution in [2.45, 2.75) is 26.8 Å². The summed E-state index contributed by atoms with van der Waals surface area (Å²) in [7, 11) is 0. The summed E-state index contributed by atoms with van der Waals surface area (Å²) < 4.78 is 1.68. The number of nitriles is 1. The largest absolute Gasteiger partial charge is 0.350 e. The first-order chi connectivity index (χ1) is 12.6. The molecule has 0 radical (unpaired) electrons. The topological polar surface area (TPSA) is 99.1 Å². The van der Waals surface area contributed by atoms with Crippen molar-refractivity contribution in [2.24, 2.45) is 0 Å². The van der Waals surface area contributed by atoms with Gasteiger partial charge in [0.1, 0.15) is 23.8 Å². The number of nitrogens with zero attached hydrogens (tertiary/aromatic N) is 9. The Balaban J connectivity index is 1.59. The molecule has 0 bridgehead atoms. The third kappa shape index (κ3) is 2.60. The predicted octanol–water partition coefficient (Wildman–Crippen LogP) is 1.12. The Morgan fingerprint density at radius 1 is 1.15 bits per heavy atom. The van der Waals surface area contributed by atoms with E-state index in [9.17, 15) is 5.26 Å². The molecule has 0 N–H and O–H groups in total. The van der Waals surface area contributed by atoms with Gasteiger partial charge in [-0.3, -0.25) is 0 Å². The lowest BCUT2D eigenvalue weighted by Crippen LogP contribution is -2.53. The molecule has 1 aliphatic heterocycles. The Hall–Kier alpha value is -3.28. The van der Waals surface area contributed by atoms with Crippen LogP contribution in [0.25, 0.3) is 5.65 Å². The molecule has 0 aromatic carbocycles. The summed E-state index contributed by atoms with van der Waals surface area (Å²) in [6.07, 6.45) is 1.60. The third-order valence-corrected chi connectivity index (χ3v) is 4.92. The molecule has 0 saturated carbocycles. The van der Waals surface area contributed by atoms with Gasteiger partial charge in [0, 0.05) is 25.7 Å². The van der Waals surface area contributed by atoms with Crippen LogP contribution in [-0.2, 0) is 0 Å². The van der Waals surface area contributed by atoms with E-state index in [1.54, 1.807) is 10.8 Å². The van der Waals surface area contributed by atoms with E-state index < -0.39 is 0 Å². The molecule has 3 aromatic heterocycles. The minimum absolute atomic E-state index is 0.208. The van der Waals surface area contributed by atoms with Crippen LogP contribution in [0.5, 0.6) is 0 Å². The number of fused-ring (bicyclic) bond motifs is 1. The first-order valence-electron chi connectivity index (χ1n) is 8.51. The smallest absolute Gasteiger partial charge is 0.177 e. The second-order valence-corrected chi connectivity index (χ2v) is 6.53. The molecule has 1 atom stereocenters. The van der Waals surface area contributed by atoms with Gasteiger partial charge in [0.2, 0.25) is 0 Å². The maximum absolute atomic E-state index is 9.55. The Morgan fingerprint density at radius 3 is 2.77 bits per heavy atom. The Morgan fingerprint density at radius 2 is 2.00 bits per heavy atom. The van der Waals surface area contributed by atoms with E-state index in [0.717, 1.165) is 42.4 Å². The Bertz CT molecular complexity index is 1000. The highest BCUT2D eigenvalue weighted by Gasteiger charge is 2.28. The maximum Gasteiger partial charge on any atom is 0.177 e. The zero-order chi connectivity index (χ0) is 18.3. The molecule has 26 heavy (non-hydrogen) atoms. The summed E-state index contributed by atoms with van der Waals surface area (Å²) >= 11 is 0. The van der Waals surface area contributed by atoms with Gasteiger partial charge in [-0.1, -0.05) is 0 Å². The van der Waals surface area contributed by atoms with Gasteiger partial charge in [0.15, 0.2) is 11.5 Å². The first kappa shape index (κ1) is 16.2. The van der Waals surface area contributed by atoms with Gasteiger partial charge in [-0.25, -0.2) is 0 Å². The van der Waals surface area contributed by atoms with E-state index in [-0.39, 0.29) is 6.04 Å². The molecule has 1 aliphatic rings. The summed E-state index contributed by atoms with van der Waals surface area (Å²) in [5, 5.41) is 30.5. The van der Waals surface area contributed by atoms with Crippen LogP contribution < -0.4 is 9.80 Å². The van der Waals surface area contributed by atoms with Gasteiger partial charge >= 0.3 is 0 Å². The van der Waals surface area contributed by atoms with E-state index in [0.29, 0.717) is 11.4 Å². The van der Waals surface area contributed by atoms with Gasteiger partial charge in [-0.15, -0.1) is 20.4 Å². The number of aromatic nitrogens is 6. The van der Waals surface area contributed by atoms with E-state index >= 15 is 0 Å². The summed E-state index contributed by atoms with van der Waals surface area (Å²) in [5.41, 5.74) is 3.03. The summed E-state index contributed by atoms with van der Waals surface area (Å²) in [6.45, 7) is 8.21. The molecular formula is C17H19N9. The van der Waals surface area contributed by atoms with Crippen molar-refractivity contribution in [2.75, 3.05) is 29.4 Å². The number of hydrogen-bond acceptors (Lipinski definition) is 8. The molecular weight excluding hydrogens is 330 g/mol. The van der Waals surface area contributed by atoms with Gasteiger partial charge in [-0.2, -0.15) is 14.9 Å². The van der Waals surface area contributed by atoms with Crippen LogP contribution in [0.4, 0.5) is 11.6 Å². The van der Waals surface area contributed by atoms with Gasteiger partial charge in [-0.05, 0) is 38.5 Å². The highest BCUT2D eigenvalue weighted by Crippen LogP contribution is 2.25. The number of piperazine rings is 1. The zero-order valence-electron chi connectivity index (χ0n) is 15.0. The lowest BCUT2D eigenvalue weighted by atomic mass is 10.1. The van der Waals surface area contributed by atoms with Gasteiger partial charge in [0.25, 0.3) is 0 Å². The number of aryl methyl sites for hydroxylation is 1. The van der Waals surface area contributed by atoms with Crippen molar-refractivity contribution in [3.63, 3.8) is 0 Å². The quantitative estimate of drug-likeness (QED) is 0.678. The monoisotopic (exact) mass is 349 g/mol. The van der Waals surface area contributed by atoms with E-state index in [1.165, 1.54) is 0 Å². The molecule has 9 nitrogen and oxygen atoms in total. The van der Waals surface area contributed by atoms with Crippen molar-refractivity contribution in [1.29, 1.82) is 5.26 Å². The van der Waals surface area contributed by atoms with Crippen LogP contribution in [0.1, 0.15) is 23.7 Å². The Kier molecular flexibility index (Phi) is 3.88. The molecule has 4 rings (SSSR count).